The molecule has 0 spiro atoms. The fourth-order valence-electron chi connectivity index (χ4n) is 1.12. The van der Waals surface area contributed by atoms with E-state index >= 15 is 0 Å². The van der Waals surface area contributed by atoms with E-state index in [4.69, 9.17) is 0 Å². The molecule has 14 heavy (non-hydrogen) atoms. The molecular formula is C8H10BrNO2S2. The SMILES string of the molecule is O=S(=O)(NCc1ccsc1Br)C1CC1. The Morgan fingerprint density at radius 3 is 2.79 bits per heavy atom. The van der Waals surface area contributed by atoms with Gasteiger partial charge in [-0.1, -0.05) is 0 Å². The summed E-state index contributed by atoms with van der Waals surface area (Å²) in [5, 5.41) is 1.80. The van der Waals surface area contributed by atoms with E-state index in [9.17, 15) is 8.42 Å². The van der Waals surface area contributed by atoms with Crippen LogP contribution in [0.4, 0.5) is 0 Å². The molecule has 1 heterocycles. The number of sulfonamides is 1. The molecule has 1 saturated carbocycles. The molecule has 78 valence electrons. The summed E-state index contributed by atoms with van der Waals surface area (Å²) in [6, 6.07) is 1.92. The van der Waals surface area contributed by atoms with Crippen molar-refractivity contribution in [3.8, 4) is 0 Å². The van der Waals surface area contributed by atoms with Crippen molar-refractivity contribution in [2.75, 3.05) is 0 Å². The molecule has 0 atom stereocenters. The zero-order valence-electron chi connectivity index (χ0n) is 7.36. The van der Waals surface area contributed by atoms with Crippen LogP contribution in [0.2, 0.25) is 0 Å². The van der Waals surface area contributed by atoms with E-state index in [2.05, 4.69) is 20.7 Å². The van der Waals surface area contributed by atoms with Crippen molar-refractivity contribution in [1.82, 2.24) is 4.72 Å². The Morgan fingerprint density at radius 1 is 1.57 bits per heavy atom. The van der Waals surface area contributed by atoms with E-state index in [0.717, 1.165) is 22.2 Å². The first-order valence-corrected chi connectivity index (χ1v) is 7.52. The van der Waals surface area contributed by atoms with Gasteiger partial charge >= 0.3 is 0 Å². The zero-order valence-corrected chi connectivity index (χ0v) is 10.6. The van der Waals surface area contributed by atoms with Crippen LogP contribution in [0.5, 0.6) is 0 Å². The van der Waals surface area contributed by atoms with Gasteiger partial charge in [-0.2, -0.15) is 0 Å². The predicted octanol–water partition coefficient (Wildman–Crippen LogP) is 2.09. The molecule has 6 heteroatoms. The van der Waals surface area contributed by atoms with Gasteiger partial charge in [-0.15, -0.1) is 11.3 Å². The summed E-state index contributed by atoms with van der Waals surface area (Å²) in [7, 11) is -3.05. The van der Waals surface area contributed by atoms with Gasteiger partial charge in [-0.3, -0.25) is 0 Å². The fourth-order valence-corrected chi connectivity index (χ4v) is 3.71. The molecule has 1 aromatic heterocycles. The van der Waals surface area contributed by atoms with E-state index < -0.39 is 10.0 Å². The van der Waals surface area contributed by atoms with Crippen molar-refractivity contribution < 1.29 is 8.42 Å². The lowest BCUT2D eigenvalue weighted by Crippen LogP contribution is -2.26. The Morgan fingerprint density at radius 2 is 2.29 bits per heavy atom. The Labute approximate surface area is 95.7 Å². The first-order valence-electron chi connectivity index (χ1n) is 4.30. The Hall–Kier alpha value is 0.0900. The van der Waals surface area contributed by atoms with Crippen LogP contribution in [0.1, 0.15) is 18.4 Å². The lowest BCUT2D eigenvalue weighted by Gasteiger charge is -2.03. The standard InChI is InChI=1S/C8H10BrNO2S2/c9-8-6(3-4-13-8)5-10-14(11,12)7-1-2-7/h3-4,7,10H,1-2,5H2. The molecule has 3 nitrogen and oxygen atoms in total. The van der Waals surface area contributed by atoms with Crippen LogP contribution >= 0.6 is 27.3 Å². The Bertz CT molecular complexity index is 422. The molecule has 1 aromatic rings. The second-order valence-electron chi connectivity index (χ2n) is 3.29. The molecule has 1 fully saturated rings. The second kappa shape index (κ2) is 3.92. The third-order valence-electron chi connectivity index (χ3n) is 2.12. The summed E-state index contributed by atoms with van der Waals surface area (Å²) in [5.41, 5.74) is 0.999. The molecule has 1 aliphatic carbocycles. The van der Waals surface area contributed by atoms with Gasteiger partial charge in [0, 0.05) is 6.54 Å². The summed E-state index contributed by atoms with van der Waals surface area (Å²) >= 11 is 4.93. The quantitative estimate of drug-likeness (QED) is 0.925. The van der Waals surface area contributed by atoms with Gasteiger partial charge in [0.2, 0.25) is 10.0 Å². The zero-order chi connectivity index (χ0) is 10.2. The topological polar surface area (TPSA) is 46.2 Å². The Balaban J connectivity index is 1.97. The van der Waals surface area contributed by atoms with Gasteiger partial charge in [0.25, 0.3) is 0 Å². The van der Waals surface area contributed by atoms with Crippen molar-refractivity contribution >= 4 is 37.3 Å². The summed E-state index contributed by atoms with van der Waals surface area (Å²) in [4.78, 5) is 0. The van der Waals surface area contributed by atoms with Gasteiger partial charge in [0.1, 0.15) is 0 Å². The third kappa shape index (κ3) is 2.36. The maximum absolute atomic E-state index is 11.5. The Kier molecular flexibility index (Phi) is 2.97. The smallest absolute Gasteiger partial charge is 0.212 e. The van der Waals surface area contributed by atoms with Gasteiger partial charge in [0.15, 0.2) is 0 Å². The van der Waals surface area contributed by atoms with Crippen molar-refractivity contribution in [3.63, 3.8) is 0 Å². The van der Waals surface area contributed by atoms with Crippen LogP contribution in [-0.4, -0.2) is 13.7 Å². The number of hydrogen-bond acceptors (Lipinski definition) is 3. The average molecular weight is 296 g/mol. The molecule has 0 bridgehead atoms. The third-order valence-corrected chi connectivity index (χ3v) is 5.83. The average Bonchev–Trinajstić information content (AvgIpc) is 2.89. The van der Waals surface area contributed by atoms with Crippen LogP contribution < -0.4 is 4.72 Å². The van der Waals surface area contributed by atoms with E-state index in [1.54, 1.807) is 11.3 Å². The van der Waals surface area contributed by atoms with E-state index in [0.29, 0.717) is 6.54 Å². The van der Waals surface area contributed by atoms with Crippen molar-refractivity contribution in [2.45, 2.75) is 24.6 Å². The van der Waals surface area contributed by atoms with Crippen LogP contribution in [0, 0.1) is 0 Å². The van der Waals surface area contributed by atoms with E-state index in [1.807, 2.05) is 11.4 Å². The van der Waals surface area contributed by atoms with Gasteiger partial charge in [-0.25, -0.2) is 13.1 Å². The van der Waals surface area contributed by atoms with E-state index in [1.165, 1.54) is 0 Å². The highest BCUT2D eigenvalue weighted by molar-refractivity contribution is 9.11. The molecule has 1 aliphatic rings. The van der Waals surface area contributed by atoms with Gasteiger partial charge in [0.05, 0.1) is 9.04 Å². The van der Waals surface area contributed by atoms with Crippen LogP contribution in [0.3, 0.4) is 0 Å². The fraction of sp³-hybridized carbons (Fsp3) is 0.500. The lowest BCUT2D eigenvalue weighted by atomic mass is 10.4. The van der Waals surface area contributed by atoms with Crippen LogP contribution in [-0.2, 0) is 16.6 Å². The number of hydrogen-bond donors (Lipinski definition) is 1. The maximum atomic E-state index is 11.5. The molecule has 0 amide bonds. The number of rotatable bonds is 4. The lowest BCUT2D eigenvalue weighted by molar-refractivity contribution is 0.580. The summed E-state index contributed by atoms with van der Waals surface area (Å²) in [6.45, 7) is 0.392. The maximum Gasteiger partial charge on any atom is 0.214 e. The van der Waals surface area contributed by atoms with Crippen LogP contribution in [0.25, 0.3) is 0 Å². The van der Waals surface area contributed by atoms with Gasteiger partial charge < -0.3 is 0 Å². The highest BCUT2D eigenvalue weighted by Crippen LogP contribution is 2.28. The monoisotopic (exact) mass is 295 g/mol. The first kappa shape index (κ1) is 10.6. The van der Waals surface area contributed by atoms with Crippen molar-refractivity contribution in [2.24, 2.45) is 0 Å². The van der Waals surface area contributed by atoms with Gasteiger partial charge in [-0.05, 0) is 45.8 Å². The predicted molar refractivity (Wildman–Crippen MR) is 60.8 cm³/mol. The molecule has 0 aliphatic heterocycles. The number of nitrogens with one attached hydrogen (secondary N) is 1. The normalized spacial score (nSPS) is 17.2. The summed E-state index contributed by atoms with van der Waals surface area (Å²) < 4.78 is 26.6. The number of thiophene rings is 1. The summed E-state index contributed by atoms with van der Waals surface area (Å²) in [5.74, 6) is 0. The largest absolute Gasteiger partial charge is 0.214 e. The first-order chi connectivity index (χ1) is 6.59. The molecule has 0 saturated heterocycles. The molecule has 0 aromatic carbocycles. The minimum absolute atomic E-state index is 0.139. The number of halogens is 1. The molecule has 2 rings (SSSR count). The molecular weight excluding hydrogens is 286 g/mol. The van der Waals surface area contributed by atoms with Crippen molar-refractivity contribution in [1.29, 1.82) is 0 Å². The minimum atomic E-state index is -3.05. The van der Waals surface area contributed by atoms with Crippen LogP contribution in [0.15, 0.2) is 15.2 Å². The highest BCUT2D eigenvalue weighted by atomic mass is 79.9. The summed E-state index contributed by atoms with van der Waals surface area (Å²) in [6.07, 6.45) is 1.61. The molecule has 0 unspecified atom stereocenters. The van der Waals surface area contributed by atoms with Crippen molar-refractivity contribution in [3.05, 3.63) is 20.8 Å². The molecule has 1 N–H and O–H groups in total. The minimum Gasteiger partial charge on any atom is -0.212 e. The molecule has 0 radical (unpaired) electrons. The van der Waals surface area contributed by atoms with E-state index in [-0.39, 0.29) is 5.25 Å². The highest BCUT2D eigenvalue weighted by Gasteiger charge is 2.35. The second-order valence-corrected chi connectivity index (χ2v) is 7.56.